The number of aromatic nitrogens is 1. The van der Waals surface area contributed by atoms with Crippen molar-refractivity contribution in [1.82, 2.24) is 4.98 Å². The number of aryl methyl sites for hydroxylation is 2. The van der Waals surface area contributed by atoms with Crippen molar-refractivity contribution in [1.29, 1.82) is 0 Å². The fraction of sp³-hybridized carbons (Fsp3) is 0.160. The van der Waals surface area contributed by atoms with Crippen LogP contribution in [-0.4, -0.2) is 21.8 Å². The Labute approximate surface area is 199 Å². The van der Waals surface area contributed by atoms with Gasteiger partial charge in [-0.2, -0.15) is 0 Å². The molecule has 0 fully saturated rings. The monoisotopic (exact) mass is 474 g/mol. The molecule has 2 heterocycles. The van der Waals surface area contributed by atoms with Crippen molar-refractivity contribution in [2.45, 2.75) is 25.4 Å². The molecule has 0 amide bonds. The predicted molar refractivity (Wildman–Crippen MR) is 130 cm³/mol. The second kappa shape index (κ2) is 7.63. The number of pyridine rings is 1. The number of ketones is 1. The molecule has 1 aliphatic carbocycles. The topological polar surface area (TPSA) is 155 Å². The summed E-state index contributed by atoms with van der Waals surface area (Å²) in [4.78, 5) is 29.8. The van der Waals surface area contributed by atoms with Gasteiger partial charge in [-0.15, -0.1) is 11.3 Å². The molecule has 4 aromatic rings. The second-order valence-electron chi connectivity index (χ2n) is 8.42. The van der Waals surface area contributed by atoms with Gasteiger partial charge in [-0.25, -0.2) is 4.79 Å². The molecular weight excluding hydrogens is 452 g/mol. The quantitative estimate of drug-likeness (QED) is 0.326. The largest absolute Gasteiger partial charge is 0.477 e. The summed E-state index contributed by atoms with van der Waals surface area (Å²) in [6.07, 6.45) is 1.63. The summed E-state index contributed by atoms with van der Waals surface area (Å²) in [7, 11) is 0. The number of nitrogens with two attached hydrogens (primary N) is 3. The number of carboxylic acid groups (broad SMARTS) is 1. The van der Waals surface area contributed by atoms with Crippen LogP contribution >= 0.6 is 11.3 Å². The van der Waals surface area contributed by atoms with Crippen LogP contribution in [0.2, 0.25) is 0 Å². The van der Waals surface area contributed by atoms with Gasteiger partial charge in [-0.1, -0.05) is 12.1 Å². The molecule has 9 heteroatoms. The van der Waals surface area contributed by atoms with Crippen LogP contribution in [0.15, 0.2) is 48.7 Å². The molecule has 34 heavy (non-hydrogen) atoms. The number of carbonyl (C=O) groups excluding carboxylic acids is 1. The highest BCUT2D eigenvalue weighted by Gasteiger charge is 2.49. The molecule has 2 aromatic carbocycles. The third-order valence-corrected chi connectivity index (χ3v) is 7.49. The maximum absolute atomic E-state index is 13.7. The number of anilines is 1. The van der Waals surface area contributed by atoms with Gasteiger partial charge in [0.2, 0.25) is 0 Å². The summed E-state index contributed by atoms with van der Waals surface area (Å²) < 4.78 is 6.47. The number of hydrogen-bond acceptors (Lipinski definition) is 8. The summed E-state index contributed by atoms with van der Waals surface area (Å²) in [6, 6.07) is 11.1. The van der Waals surface area contributed by atoms with Crippen molar-refractivity contribution in [3.63, 3.8) is 0 Å². The first kappa shape index (κ1) is 22.0. The van der Waals surface area contributed by atoms with Gasteiger partial charge in [0.15, 0.2) is 5.78 Å². The van der Waals surface area contributed by atoms with E-state index in [1.54, 1.807) is 36.5 Å². The first-order valence-corrected chi connectivity index (χ1v) is 11.3. The van der Waals surface area contributed by atoms with Gasteiger partial charge >= 0.3 is 5.97 Å². The Morgan fingerprint density at radius 3 is 2.47 bits per heavy atom. The third-order valence-electron chi connectivity index (χ3n) is 6.25. The molecule has 0 spiro atoms. The summed E-state index contributed by atoms with van der Waals surface area (Å²) >= 11 is 1.01. The number of thiophene rings is 1. The normalized spacial score (nSPS) is 19.4. The van der Waals surface area contributed by atoms with Crippen molar-refractivity contribution in [2.24, 2.45) is 11.5 Å². The Morgan fingerprint density at radius 1 is 1.12 bits per heavy atom. The predicted octanol–water partition coefficient (Wildman–Crippen LogP) is 3.77. The molecule has 5 rings (SSSR count). The number of Topliss-reactive ketones (excluding diaryl/α,β-unsaturated/α-hetero) is 1. The van der Waals surface area contributed by atoms with Crippen LogP contribution in [0.25, 0.3) is 10.1 Å². The number of nitrogens with zero attached hydrogens (tertiary/aromatic N) is 1. The van der Waals surface area contributed by atoms with Crippen LogP contribution in [0.4, 0.5) is 5.69 Å². The molecule has 0 radical (unpaired) electrons. The van der Waals surface area contributed by atoms with Crippen LogP contribution in [0.1, 0.15) is 43.7 Å². The minimum absolute atomic E-state index is 0.00391. The first-order valence-electron chi connectivity index (χ1n) is 10.5. The average Bonchev–Trinajstić information content (AvgIpc) is 3.21. The summed E-state index contributed by atoms with van der Waals surface area (Å²) in [5.74, 6) is -0.487. The molecule has 0 aliphatic heterocycles. The number of carbonyl (C=O) groups is 2. The van der Waals surface area contributed by atoms with Gasteiger partial charge < -0.3 is 27.0 Å². The van der Waals surface area contributed by atoms with Crippen molar-refractivity contribution in [3.05, 3.63) is 81.5 Å². The lowest BCUT2D eigenvalue weighted by molar-refractivity contribution is -0.124. The SMILES string of the molecule is Cc1ccc(Oc2ccc(C3(N)C(=O)C(N)c4c(C(=O)O)sc5c(N)ccc3c45)c(C)c2)cn1. The molecular formula is C25H22N4O4S. The standard InChI is InChI=1S/C25H22N4O4S/c1-11-9-13(33-14-4-3-12(2)29-10-14)5-6-15(11)25(28)16-7-8-17(26)21-18(16)19(20(27)23(25)30)22(34-21)24(31)32/h3-10,20H,26-28H2,1-2H3,(H,31,32). The Kier molecular flexibility index (Phi) is 4.94. The van der Waals surface area contributed by atoms with Gasteiger partial charge in [0, 0.05) is 22.3 Å². The fourth-order valence-electron chi connectivity index (χ4n) is 4.61. The molecule has 7 N–H and O–H groups in total. The van der Waals surface area contributed by atoms with Crippen LogP contribution in [0, 0.1) is 13.8 Å². The number of rotatable bonds is 4. The Morgan fingerprint density at radius 2 is 1.82 bits per heavy atom. The highest BCUT2D eigenvalue weighted by molar-refractivity contribution is 7.21. The van der Waals surface area contributed by atoms with Crippen molar-refractivity contribution < 1.29 is 19.4 Å². The molecule has 0 bridgehead atoms. The zero-order chi connectivity index (χ0) is 24.4. The summed E-state index contributed by atoms with van der Waals surface area (Å²) in [5, 5.41) is 10.3. The highest BCUT2D eigenvalue weighted by atomic mass is 32.1. The average molecular weight is 475 g/mol. The van der Waals surface area contributed by atoms with E-state index >= 15 is 0 Å². The smallest absolute Gasteiger partial charge is 0.346 e. The Balaban J connectivity index is 1.67. The van der Waals surface area contributed by atoms with E-state index < -0.39 is 23.3 Å². The third kappa shape index (κ3) is 3.09. The van der Waals surface area contributed by atoms with Gasteiger partial charge in [0.25, 0.3) is 0 Å². The van der Waals surface area contributed by atoms with Crippen molar-refractivity contribution in [3.8, 4) is 11.5 Å². The fourth-order valence-corrected chi connectivity index (χ4v) is 5.75. The minimum Gasteiger partial charge on any atom is -0.477 e. The van der Waals surface area contributed by atoms with E-state index in [1.165, 1.54) is 0 Å². The van der Waals surface area contributed by atoms with Gasteiger partial charge in [-0.3, -0.25) is 9.78 Å². The van der Waals surface area contributed by atoms with Crippen molar-refractivity contribution in [2.75, 3.05) is 5.73 Å². The maximum atomic E-state index is 13.7. The van der Waals surface area contributed by atoms with Crippen LogP contribution in [-0.2, 0) is 10.3 Å². The number of ether oxygens (including phenoxy) is 1. The highest BCUT2D eigenvalue weighted by Crippen LogP contribution is 2.50. The number of carboxylic acids is 1. The molecule has 172 valence electrons. The van der Waals surface area contributed by atoms with Gasteiger partial charge in [0.1, 0.15) is 21.9 Å². The molecule has 2 aromatic heterocycles. The van der Waals surface area contributed by atoms with Crippen LogP contribution in [0.3, 0.4) is 0 Å². The number of hydrogen-bond donors (Lipinski definition) is 4. The lowest BCUT2D eigenvalue weighted by atomic mass is 9.69. The maximum Gasteiger partial charge on any atom is 0.346 e. The molecule has 0 saturated heterocycles. The lowest BCUT2D eigenvalue weighted by Gasteiger charge is -2.37. The molecule has 0 saturated carbocycles. The van der Waals surface area contributed by atoms with E-state index in [0.29, 0.717) is 38.4 Å². The molecule has 2 unspecified atom stereocenters. The zero-order valence-electron chi connectivity index (χ0n) is 18.5. The minimum atomic E-state index is -1.58. The summed E-state index contributed by atoms with van der Waals surface area (Å²) in [5.41, 5.74) is 21.1. The van der Waals surface area contributed by atoms with Gasteiger partial charge in [0.05, 0.1) is 16.9 Å². The molecule has 2 atom stereocenters. The van der Waals surface area contributed by atoms with E-state index in [4.69, 9.17) is 21.9 Å². The van der Waals surface area contributed by atoms with E-state index in [1.807, 2.05) is 26.0 Å². The number of nitrogen functional groups attached to an aromatic ring is 1. The van der Waals surface area contributed by atoms with E-state index in [0.717, 1.165) is 22.6 Å². The summed E-state index contributed by atoms with van der Waals surface area (Å²) in [6.45, 7) is 3.73. The van der Waals surface area contributed by atoms with Gasteiger partial charge in [-0.05, 0) is 60.9 Å². The Bertz CT molecular complexity index is 1500. The number of aromatic carboxylic acids is 1. The zero-order valence-corrected chi connectivity index (χ0v) is 19.3. The van der Waals surface area contributed by atoms with Crippen LogP contribution < -0.4 is 21.9 Å². The second-order valence-corrected chi connectivity index (χ2v) is 9.44. The Hall–Kier alpha value is -3.79. The molecule has 1 aliphatic rings. The number of benzene rings is 2. The van der Waals surface area contributed by atoms with Crippen molar-refractivity contribution >= 4 is 38.9 Å². The first-order chi connectivity index (χ1) is 16.1. The lowest BCUT2D eigenvalue weighted by Crippen LogP contribution is -2.52. The van der Waals surface area contributed by atoms with E-state index in [-0.39, 0.29) is 10.4 Å². The van der Waals surface area contributed by atoms with E-state index in [2.05, 4.69) is 4.98 Å². The molecule has 8 nitrogen and oxygen atoms in total. The van der Waals surface area contributed by atoms with E-state index in [9.17, 15) is 14.7 Å². The van der Waals surface area contributed by atoms with Crippen LogP contribution in [0.5, 0.6) is 11.5 Å².